The van der Waals surface area contributed by atoms with Crippen LogP contribution >= 0.6 is 11.6 Å². The lowest BCUT2D eigenvalue weighted by Gasteiger charge is -2.37. The minimum atomic E-state index is -1.45. The van der Waals surface area contributed by atoms with Crippen molar-refractivity contribution >= 4 is 29.3 Å². The van der Waals surface area contributed by atoms with Gasteiger partial charge in [-0.05, 0) is 61.6 Å². The molecule has 0 bridgehead atoms. The first-order valence-electron chi connectivity index (χ1n) is 11.7. The van der Waals surface area contributed by atoms with Crippen LogP contribution in [0.4, 0.5) is 0 Å². The third kappa shape index (κ3) is 6.00. The summed E-state index contributed by atoms with van der Waals surface area (Å²) in [5, 5.41) is 33.0. The molecule has 0 unspecified atom stereocenters. The maximum atomic E-state index is 13.7. The predicted molar refractivity (Wildman–Crippen MR) is 126 cm³/mol. The standard InChI is InChI=1S/C24H34ClN3O6/c1-12(2)7-17(27-23(33)21(31)9-13-3-6-20(30)16(25)8-13)24(34)28-18-11-15(29)5-4-14(18)10-19(28)22(26)32/h3,6,8,12,14-15,17-19,21,29-31H,4-5,7,9-11H2,1-2H3,(H2,26,32)(H,27,33)/t14-,15+,17+,18-,19-,21+/m0/s1. The number of aromatic hydroxyl groups is 1. The summed E-state index contributed by atoms with van der Waals surface area (Å²) in [6, 6.07) is 2.32. The van der Waals surface area contributed by atoms with E-state index >= 15 is 0 Å². The van der Waals surface area contributed by atoms with Crippen LogP contribution in [0.3, 0.4) is 0 Å². The van der Waals surface area contributed by atoms with E-state index in [1.807, 2.05) is 13.8 Å². The quantitative estimate of drug-likeness (QED) is 0.364. The maximum Gasteiger partial charge on any atom is 0.249 e. The molecule has 6 N–H and O–H groups in total. The van der Waals surface area contributed by atoms with Gasteiger partial charge in [-0.3, -0.25) is 14.4 Å². The Bertz CT molecular complexity index is 926. The highest BCUT2D eigenvalue weighted by Crippen LogP contribution is 2.40. The van der Waals surface area contributed by atoms with Crippen LogP contribution in [-0.4, -0.2) is 68.3 Å². The summed E-state index contributed by atoms with van der Waals surface area (Å²) in [7, 11) is 0. The van der Waals surface area contributed by atoms with Crippen molar-refractivity contribution in [2.45, 2.75) is 82.7 Å². The maximum absolute atomic E-state index is 13.7. The van der Waals surface area contributed by atoms with Gasteiger partial charge in [0.15, 0.2) is 0 Å². The summed E-state index contributed by atoms with van der Waals surface area (Å²) < 4.78 is 0. The first kappa shape index (κ1) is 26.2. The molecule has 1 aromatic carbocycles. The second-order valence-electron chi connectivity index (χ2n) is 9.89. The van der Waals surface area contributed by atoms with E-state index in [-0.39, 0.29) is 35.1 Å². The normalized spacial score (nSPS) is 26.1. The smallest absolute Gasteiger partial charge is 0.249 e. The second-order valence-corrected chi connectivity index (χ2v) is 10.3. The molecular weight excluding hydrogens is 462 g/mol. The van der Waals surface area contributed by atoms with Crippen molar-refractivity contribution in [1.29, 1.82) is 0 Å². The first-order valence-corrected chi connectivity index (χ1v) is 12.1. The summed E-state index contributed by atoms with van der Waals surface area (Å²) >= 11 is 5.90. The van der Waals surface area contributed by atoms with E-state index in [0.717, 1.165) is 0 Å². The molecule has 1 saturated carbocycles. The van der Waals surface area contributed by atoms with Gasteiger partial charge in [-0.15, -0.1) is 0 Å². The average Bonchev–Trinajstić information content (AvgIpc) is 3.13. The van der Waals surface area contributed by atoms with Crippen LogP contribution in [0.25, 0.3) is 0 Å². The zero-order valence-corrected chi connectivity index (χ0v) is 20.2. The van der Waals surface area contributed by atoms with E-state index in [1.54, 1.807) is 6.07 Å². The third-order valence-corrected chi connectivity index (χ3v) is 7.10. The number of phenolic OH excluding ortho intramolecular Hbond substituents is 1. The van der Waals surface area contributed by atoms with Gasteiger partial charge < -0.3 is 31.3 Å². The molecule has 1 heterocycles. The van der Waals surface area contributed by atoms with Crippen molar-refractivity contribution < 1.29 is 29.7 Å². The van der Waals surface area contributed by atoms with Crippen molar-refractivity contribution in [3.63, 3.8) is 0 Å². The molecule has 3 amide bonds. The molecule has 188 valence electrons. The van der Waals surface area contributed by atoms with Gasteiger partial charge in [0.2, 0.25) is 17.7 Å². The molecule has 2 aliphatic rings. The Morgan fingerprint density at radius 3 is 2.56 bits per heavy atom. The molecule has 0 spiro atoms. The number of halogens is 1. The summed E-state index contributed by atoms with van der Waals surface area (Å²) in [5.74, 6) is -1.73. The number of benzene rings is 1. The van der Waals surface area contributed by atoms with Crippen molar-refractivity contribution in [2.24, 2.45) is 17.6 Å². The van der Waals surface area contributed by atoms with Crippen LogP contribution in [0.1, 0.15) is 51.5 Å². The predicted octanol–water partition coefficient (Wildman–Crippen LogP) is 1.10. The lowest BCUT2D eigenvalue weighted by Crippen LogP contribution is -2.57. The number of fused-ring (bicyclic) bond motifs is 1. The first-order chi connectivity index (χ1) is 16.0. The minimum Gasteiger partial charge on any atom is -0.506 e. The number of nitrogens with one attached hydrogen (secondary N) is 1. The van der Waals surface area contributed by atoms with Gasteiger partial charge in [0, 0.05) is 12.5 Å². The number of amides is 3. The number of likely N-dealkylation sites (tertiary alicyclic amines) is 1. The lowest BCUT2D eigenvalue weighted by molar-refractivity contribution is -0.145. The molecule has 34 heavy (non-hydrogen) atoms. The Balaban J connectivity index is 1.76. The molecule has 1 aliphatic carbocycles. The van der Waals surface area contributed by atoms with Gasteiger partial charge in [0.05, 0.1) is 11.1 Å². The molecule has 1 saturated heterocycles. The Morgan fingerprint density at radius 2 is 1.94 bits per heavy atom. The Labute approximate surface area is 204 Å². The SMILES string of the molecule is CC(C)C[C@@H](NC(=O)[C@H](O)Cc1ccc(O)c(Cl)c1)C(=O)N1[C@H](C(N)=O)C[C@@H]2CC[C@@H](O)C[C@@H]21. The molecule has 6 atom stereocenters. The van der Waals surface area contributed by atoms with Gasteiger partial charge in [-0.2, -0.15) is 0 Å². The largest absolute Gasteiger partial charge is 0.506 e. The number of nitrogens with zero attached hydrogens (tertiary/aromatic N) is 1. The number of primary amides is 1. The molecule has 2 fully saturated rings. The summed E-state index contributed by atoms with van der Waals surface area (Å²) in [4.78, 5) is 40.1. The van der Waals surface area contributed by atoms with E-state index in [9.17, 15) is 29.7 Å². The summed E-state index contributed by atoms with van der Waals surface area (Å²) in [5.41, 5.74) is 6.17. The zero-order chi connectivity index (χ0) is 25.2. The topological polar surface area (TPSA) is 153 Å². The van der Waals surface area contributed by atoms with Crippen LogP contribution in [-0.2, 0) is 20.8 Å². The Kier molecular flexibility index (Phi) is 8.43. The minimum absolute atomic E-state index is 0.0460. The number of nitrogens with two attached hydrogens (primary N) is 1. The number of rotatable bonds is 8. The van der Waals surface area contributed by atoms with Gasteiger partial charge in [0.1, 0.15) is 23.9 Å². The fraction of sp³-hybridized carbons (Fsp3) is 0.625. The van der Waals surface area contributed by atoms with E-state index < -0.39 is 42.0 Å². The highest BCUT2D eigenvalue weighted by molar-refractivity contribution is 6.32. The number of phenols is 1. The average molecular weight is 496 g/mol. The van der Waals surface area contributed by atoms with Crippen LogP contribution in [0, 0.1) is 11.8 Å². The van der Waals surface area contributed by atoms with E-state index in [4.69, 9.17) is 17.3 Å². The van der Waals surface area contributed by atoms with Crippen molar-refractivity contribution in [2.75, 3.05) is 0 Å². The molecule has 1 aromatic rings. The van der Waals surface area contributed by atoms with Crippen LogP contribution in [0.2, 0.25) is 5.02 Å². The van der Waals surface area contributed by atoms with Crippen LogP contribution < -0.4 is 11.1 Å². The van der Waals surface area contributed by atoms with Gasteiger partial charge in [-0.1, -0.05) is 31.5 Å². The number of aliphatic hydroxyl groups is 2. The van der Waals surface area contributed by atoms with Gasteiger partial charge in [0.25, 0.3) is 0 Å². The highest BCUT2D eigenvalue weighted by Gasteiger charge is 2.49. The lowest BCUT2D eigenvalue weighted by atomic mass is 9.83. The number of hydrogen-bond donors (Lipinski definition) is 5. The second kappa shape index (κ2) is 10.9. The molecule has 0 radical (unpaired) electrons. The van der Waals surface area contributed by atoms with E-state index in [1.165, 1.54) is 17.0 Å². The molecule has 1 aliphatic heterocycles. The zero-order valence-electron chi connectivity index (χ0n) is 19.5. The monoisotopic (exact) mass is 495 g/mol. The Hall–Kier alpha value is -2.36. The fourth-order valence-electron chi connectivity index (χ4n) is 5.14. The summed E-state index contributed by atoms with van der Waals surface area (Å²) in [6.45, 7) is 3.81. The number of carbonyl (C=O) groups is 3. The van der Waals surface area contributed by atoms with Crippen molar-refractivity contribution in [3.8, 4) is 5.75 Å². The van der Waals surface area contributed by atoms with Gasteiger partial charge >= 0.3 is 0 Å². The molecular formula is C24H34ClN3O6. The van der Waals surface area contributed by atoms with Gasteiger partial charge in [-0.25, -0.2) is 0 Å². The molecule has 3 rings (SSSR count). The van der Waals surface area contributed by atoms with E-state index in [0.29, 0.717) is 37.7 Å². The van der Waals surface area contributed by atoms with Crippen LogP contribution in [0.5, 0.6) is 5.75 Å². The third-order valence-electron chi connectivity index (χ3n) is 6.80. The highest BCUT2D eigenvalue weighted by atomic mass is 35.5. The Morgan fingerprint density at radius 1 is 1.24 bits per heavy atom. The molecule has 0 aromatic heterocycles. The van der Waals surface area contributed by atoms with Crippen molar-refractivity contribution in [1.82, 2.24) is 10.2 Å². The van der Waals surface area contributed by atoms with E-state index in [2.05, 4.69) is 5.32 Å². The fourth-order valence-corrected chi connectivity index (χ4v) is 5.34. The molecule has 9 nitrogen and oxygen atoms in total. The van der Waals surface area contributed by atoms with Crippen LogP contribution in [0.15, 0.2) is 18.2 Å². The van der Waals surface area contributed by atoms with Crippen molar-refractivity contribution in [3.05, 3.63) is 28.8 Å². The molecule has 10 heteroatoms. The number of hydrogen-bond acceptors (Lipinski definition) is 6. The summed E-state index contributed by atoms with van der Waals surface area (Å²) in [6.07, 6.45) is 0.391. The number of carbonyl (C=O) groups excluding carboxylic acids is 3. The number of aliphatic hydroxyl groups excluding tert-OH is 2.